The second-order valence-corrected chi connectivity index (χ2v) is 4.61. The van der Waals surface area contributed by atoms with Crippen molar-refractivity contribution in [2.45, 2.75) is 6.18 Å². The van der Waals surface area contributed by atoms with Crippen molar-refractivity contribution < 1.29 is 21.6 Å². The average Bonchev–Trinajstić information content (AvgIpc) is 2.45. The first-order valence-corrected chi connectivity index (χ1v) is 5.71. The molecule has 0 aromatic carbocycles. The lowest BCUT2D eigenvalue weighted by Gasteiger charge is -2.11. The Bertz CT molecular complexity index is 475. The highest BCUT2D eigenvalue weighted by Crippen LogP contribution is 2.17. The van der Waals surface area contributed by atoms with E-state index in [1.807, 2.05) is 4.72 Å². The summed E-state index contributed by atoms with van der Waals surface area (Å²) in [5.74, 6) is -0.111. The third kappa shape index (κ3) is 4.11. The highest BCUT2D eigenvalue weighted by molar-refractivity contribution is 7.90. The third-order valence-electron chi connectivity index (χ3n) is 1.66. The molecule has 0 saturated carbocycles. The van der Waals surface area contributed by atoms with E-state index in [0.717, 1.165) is 4.68 Å². The van der Waals surface area contributed by atoms with Crippen molar-refractivity contribution in [1.29, 1.82) is 0 Å². The average molecular weight is 273 g/mol. The minimum Gasteiger partial charge on any atom is -0.394 e. The molecule has 0 aliphatic carbocycles. The number of nitrogens with zero attached hydrogens (tertiary/aromatic N) is 2. The normalized spacial score (nSPS) is 12.7. The van der Waals surface area contributed by atoms with Crippen molar-refractivity contribution in [3.63, 3.8) is 0 Å². The molecule has 0 bridgehead atoms. The molecule has 0 unspecified atom stereocenters. The zero-order valence-corrected chi connectivity index (χ0v) is 9.43. The van der Waals surface area contributed by atoms with Gasteiger partial charge in [-0.25, -0.2) is 0 Å². The van der Waals surface area contributed by atoms with Crippen LogP contribution in [-0.2, 0) is 17.3 Å². The van der Waals surface area contributed by atoms with Gasteiger partial charge < -0.3 is 5.73 Å². The number of rotatable bonds is 4. The fourth-order valence-corrected chi connectivity index (χ4v) is 1.85. The van der Waals surface area contributed by atoms with Gasteiger partial charge in [0.1, 0.15) is 6.54 Å². The van der Waals surface area contributed by atoms with Gasteiger partial charge in [-0.1, -0.05) is 0 Å². The molecule has 0 amide bonds. The molecule has 1 aromatic rings. The van der Waals surface area contributed by atoms with Gasteiger partial charge in [0.05, 0.1) is 11.9 Å². The summed E-state index contributed by atoms with van der Waals surface area (Å²) in [5.41, 5.74) is 5.37. The summed E-state index contributed by atoms with van der Waals surface area (Å²) in [7, 11) is -2.96. The van der Waals surface area contributed by atoms with Crippen molar-refractivity contribution in [3.05, 3.63) is 6.20 Å². The maximum atomic E-state index is 11.8. The molecular formula is C6H10F3N5O2S. The van der Waals surface area contributed by atoms with E-state index >= 15 is 0 Å². The molecule has 0 aliphatic heterocycles. The molecule has 0 saturated heterocycles. The summed E-state index contributed by atoms with van der Waals surface area (Å²) in [6.45, 7) is -1.67. The zero-order chi connectivity index (χ0) is 13.3. The summed E-state index contributed by atoms with van der Waals surface area (Å²) in [6, 6.07) is 0. The molecule has 7 nitrogen and oxygen atoms in total. The Balaban J connectivity index is 2.74. The van der Waals surface area contributed by atoms with Crippen LogP contribution in [0.3, 0.4) is 0 Å². The van der Waals surface area contributed by atoms with E-state index in [-0.39, 0.29) is 11.5 Å². The molecule has 98 valence electrons. The lowest BCUT2D eigenvalue weighted by molar-refractivity contribution is -0.121. The standard InChI is InChI=1S/C6H10F3N5O2S/c1-14-5(4(10)2-11-14)13-17(15,16)12-3-6(7,8)9/h2,12-13H,3,10H2,1H3. The van der Waals surface area contributed by atoms with E-state index in [1.165, 1.54) is 18.0 Å². The molecule has 4 N–H and O–H groups in total. The van der Waals surface area contributed by atoms with Crippen molar-refractivity contribution in [1.82, 2.24) is 14.5 Å². The number of alkyl halides is 3. The maximum Gasteiger partial charge on any atom is 0.402 e. The quantitative estimate of drug-likeness (QED) is 0.707. The monoisotopic (exact) mass is 273 g/mol. The number of hydrogen-bond acceptors (Lipinski definition) is 4. The van der Waals surface area contributed by atoms with Crippen LogP contribution < -0.4 is 15.2 Å². The number of aryl methyl sites for hydroxylation is 1. The molecule has 0 fully saturated rings. The molecule has 1 aromatic heterocycles. The van der Waals surface area contributed by atoms with Gasteiger partial charge in [0.2, 0.25) is 0 Å². The molecule has 0 atom stereocenters. The number of nitrogens with one attached hydrogen (secondary N) is 2. The lowest BCUT2D eigenvalue weighted by Crippen LogP contribution is -2.37. The molecule has 1 rings (SSSR count). The van der Waals surface area contributed by atoms with E-state index in [2.05, 4.69) is 5.10 Å². The number of anilines is 2. The lowest BCUT2D eigenvalue weighted by atomic mass is 10.5. The minimum atomic E-state index is -4.63. The Hall–Kier alpha value is -1.49. The van der Waals surface area contributed by atoms with Crippen molar-refractivity contribution in [2.24, 2.45) is 7.05 Å². The smallest absolute Gasteiger partial charge is 0.394 e. The first kappa shape index (κ1) is 13.6. The third-order valence-corrected chi connectivity index (χ3v) is 2.65. The Kier molecular flexibility index (Phi) is 3.52. The Morgan fingerprint density at radius 1 is 1.53 bits per heavy atom. The predicted molar refractivity (Wildman–Crippen MR) is 54.2 cm³/mol. The van der Waals surface area contributed by atoms with Crippen molar-refractivity contribution in [3.8, 4) is 0 Å². The van der Waals surface area contributed by atoms with E-state index in [0.29, 0.717) is 0 Å². The van der Waals surface area contributed by atoms with Crippen molar-refractivity contribution >= 4 is 21.7 Å². The van der Waals surface area contributed by atoms with Gasteiger partial charge in [0, 0.05) is 7.05 Å². The van der Waals surface area contributed by atoms with Crippen molar-refractivity contribution in [2.75, 3.05) is 17.0 Å². The summed E-state index contributed by atoms with van der Waals surface area (Å²) in [5, 5.41) is 3.62. The number of hydrogen-bond donors (Lipinski definition) is 3. The van der Waals surface area contributed by atoms with Crippen LogP contribution in [0.2, 0.25) is 0 Å². The first-order chi connectivity index (χ1) is 7.61. The van der Waals surface area contributed by atoms with Gasteiger partial charge in [0.15, 0.2) is 5.82 Å². The highest BCUT2D eigenvalue weighted by Gasteiger charge is 2.29. The number of nitrogen functional groups attached to an aromatic ring is 1. The molecule has 0 aliphatic rings. The minimum absolute atomic E-state index is 0.00452. The summed E-state index contributed by atoms with van der Waals surface area (Å²) >= 11 is 0. The second-order valence-electron chi connectivity index (χ2n) is 3.11. The molecule has 11 heteroatoms. The summed E-state index contributed by atoms with van der Waals surface area (Å²) < 4.78 is 62.2. The molecule has 17 heavy (non-hydrogen) atoms. The first-order valence-electron chi connectivity index (χ1n) is 4.22. The Morgan fingerprint density at radius 3 is 2.53 bits per heavy atom. The fraction of sp³-hybridized carbons (Fsp3) is 0.500. The van der Waals surface area contributed by atoms with Crippen LogP contribution >= 0.6 is 0 Å². The topological polar surface area (TPSA) is 102 Å². The SMILES string of the molecule is Cn1ncc(N)c1NS(=O)(=O)NCC(F)(F)F. The van der Waals surface area contributed by atoms with Gasteiger partial charge in [-0.2, -0.15) is 31.4 Å². The van der Waals surface area contributed by atoms with E-state index in [1.54, 1.807) is 0 Å². The molecular weight excluding hydrogens is 263 g/mol. The van der Waals surface area contributed by atoms with Gasteiger partial charge in [-0.05, 0) is 0 Å². The van der Waals surface area contributed by atoms with Crippen LogP contribution in [-0.4, -0.2) is 30.9 Å². The predicted octanol–water partition coefficient (Wildman–Crippen LogP) is -0.189. The summed E-state index contributed by atoms with van der Waals surface area (Å²) in [6.07, 6.45) is -3.46. The number of halogens is 3. The van der Waals surface area contributed by atoms with Crippen LogP contribution in [0.25, 0.3) is 0 Å². The molecule has 0 spiro atoms. The van der Waals surface area contributed by atoms with E-state index in [4.69, 9.17) is 5.73 Å². The fourth-order valence-electron chi connectivity index (χ4n) is 0.920. The van der Waals surface area contributed by atoms with Crippen LogP contribution in [0.4, 0.5) is 24.7 Å². The number of nitrogens with two attached hydrogens (primary N) is 1. The van der Waals surface area contributed by atoms with Gasteiger partial charge >= 0.3 is 16.4 Å². The summed E-state index contributed by atoms with van der Waals surface area (Å²) in [4.78, 5) is 0. The van der Waals surface area contributed by atoms with Crippen LogP contribution in [0.15, 0.2) is 6.20 Å². The Morgan fingerprint density at radius 2 is 2.12 bits per heavy atom. The van der Waals surface area contributed by atoms with Gasteiger partial charge in [-0.3, -0.25) is 9.40 Å². The zero-order valence-electron chi connectivity index (χ0n) is 8.61. The Labute approximate surface area is 95.0 Å². The van der Waals surface area contributed by atoms with Crippen LogP contribution in [0.5, 0.6) is 0 Å². The van der Waals surface area contributed by atoms with E-state index < -0.39 is 22.9 Å². The maximum absolute atomic E-state index is 11.8. The van der Waals surface area contributed by atoms with Gasteiger partial charge in [-0.15, -0.1) is 0 Å². The van der Waals surface area contributed by atoms with Crippen LogP contribution in [0, 0.1) is 0 Å². The number of aromatic nitrogens is 2. The molecule has 1 heterocycles. The second kappa shape index (κ2) is 4.41. The highest BCUT2D eigenvalue weighted by atomic mass is 32.2. The van der Waals surface area contributed by atoms with Gasteiger partial charge in [0.25, 0.3) is 0 Å². The largest absolute Gasteiger partial charge is 0.402 e. The van der Waals surface area contributed by atoms with E-state index in [9.17, 15) is 21.6 Å². The molecule has 0 radical (unpaired) electrons. The van der Waals surface area contributed by atoms with Crippen LogP contribution in [0.1, 0.15) is 0 Å².